The second-order valence-electron chi connectivity index (χ2n) is 8.41. The van der Waals surface area contributed by atoms with E-state index in [2.05, 4.69) is 0 Å². The number of aryl methyl sites for hydroxylation is 2. The molecule has 1 fully saturated rings. The zero-order valence-electron chi connectivity index (χ0n) is 19.4. The van der Waals surface area contributed by atoms with Crippen LogP contribution in [-0.2, 0) is 9.59 Å². The van der Waals surface area contributed by atoms with E-state index in [1.165, 1.54) is 12.0 Å². The third kappa shape index (κ3) is 4.03. The van der Waals surface area contributed by atoms with Crippen molar-refractivity contribution < 1.29 is 28.9 Å². The Morgan fingerprint density at radius 2 is 1.85 bits per heavy atom. The minimum Gasteiger partial charge on any atom is -0.507 e. The molecule has 4 rings (SSSR count). The Morgan fingerprint density at radius 1 is 1.12 bits per heavy atom. The molecule has 7 heteroatoms. The lowest BCUT2D eigenvalue weighted by Gasteiger charge is -2.27. The van der Waals surface area contributed by atoms with Crippen LogP contribution in [0, 0.1) is 13.8 Å². The van der Waals surface area contributed by atoms with Crippen molar-refractivity contribution >= 4 is 17.4 Å². The molecular formula is C26H29NO6. The number of hydrogen-bond donors (Lipinski definition) is 1. The summed E-state index contributed by atoms with van der Waals surface area (Å²) < 4.78 is 16.9. The van der Waals surface area contributed by atoms with Gasteiger partial charge in [0.15, 0.2) is 11.5 Å². The Hall–Kier alpha value is -3.48. The molecule has 174 valence electrons. The summed E-state index contributed by atoms with van der Waals surface area (Å²) in [6.45, 7) is 7.10. The van der Waals surface area contributed by atoms with Gasteiger partial charge in [-0.05, 0) is 55.2 Å². The van der Waals surface area contributed by atoms with E-state index in [-0.39, 0.29) is 11.3 Å². The van der Waals surface area contributed by atoms with E-state index in [0.29, 0.717) is 48.1 Å². The molecule has 0 radical (unpaired) electrons. The number of nitrogens with zero attached hydrogens (tertiary/aromatic N) is 1. The smallest absolute Gasteiger partial charge is 0.295 e. The Morgan fingerprint density at radius 3 is 2.55 bits per heavy atom. The molecule has 1 amide bonds. The van der Waals surface area contributed by atoms with Crippen molar-refractivity contribution in [2.24, 2.45) is 0 Å². The van der Waals surface area contributed by atoms with Gasteiger partial charge in [0.1, 0.15) is 24.7 Å². The third-order valence-corrected chi connectivity index (χ3v) is 6.05. The minimum atomic E-state index is -0.738. The first-order chi connectivity index (χ1) is 15.9. The van der Waals surface area contributed by atoms with E-state index < -0.39 is 17.7 Å². The molecule has 2 aliphatic heterocycles. The highest BCUT2D eigenvalue weighted by atomic mass is 16.6. The van der Waals surface area contributed by atoms with Gasteiger partial charge in [0.2, 0.25) is 0 Å². The first-order valence-corrected chi connectivity index (χ1v) is 11.2. The summed E-state index contributed by atoms with van der Waals surface area (Å²) in [5, 5.41) is 11.4. The van der Waals surface area contributed by atoms with Crippen LogP contribution < -0.4 is 14.2 Å². The van der Waals surface area contributed by atoms with Crippen LogP contribution in [0.4, 0.5) is 0 Å². The van der Waals surface area contributed by atoms with Crippen LogP contribution >= 0.6 is 0 Å². The number of likely N-dealkylation sites (tertiary alicyclic amines) is 1. The van der Waals surface area contributed by atoms with E-state index in [1.807, 2.05) is 32.9 Å². The van der Waals surface area contributed by atoms with Gasteiger partial charge in [-0.3, -0.25) is 9.59 Å². The Bertz CT molecular complexity index is 1140. The summed E-state index contributed by atoms with van der Waals surface area (Å²) in [5.74, 6) is 0.0860. The number of ether oxygens (including phenoxy) is 3. The standard InChI is InChI=1S/C26H29NO6/c1-5-6-9-27-22(17-7-8-19-20(14-17)33-11-10-32-19)21(24(29)26(27)30)23(28)18-13-15(2)12-16(3)25(18)31-4/h7-8,12-14,22,28H,5-6,9-11H2,1-4H3/b23-21+. The lowest BCUT2D eigenvalue weighted by atomic mass is 9.93. The molecule has 0 aromatic heterocycles. The van der Waals surface area contributed by atoms with Crippen LogP contribution in [0.2, 0.25) is 0 Å². The number of benzene rings is 2. The van der Waals surface area contributed by atoms with Crippen LogP contribution in [0.15, 0.2) is 35.9 Å². The number of methoxy groups -OCH3 is 1. The average molecular weight is 452 g/mol. The molecule has 2 heterocycles. The van der Waals surface area contributed by atoms with Gasteiger partial charge in [-0.2, -0.15) is 0 Å². The SMILES string of the molecule is CCCCN1C(=O)C(=O)/C(=C(/O)c2cc(C)cc(C)c2OC)C1c1ccc2c(c1)OCCO2. The minimum absolute atomic E-state index is 0.0519. The molecular weight excluding hydrogens is 422 g/mol. The Balaban J connectivity index is 1.92. The topological polar surface area (TPSA) is 85.3 Å². The summed E-state index contributed by atoms with van der Waals surface area (Å²) in [6, 6.07) is 8.35. The number of ketones is 1. The lowest BCUT2D eigenvalue weighted by molar-refractivity contribution is -0.139. The van der Waals surface area contributed by atoms with Gasteiger partial charge in [0, 0.05) is 6.54 Å². The summed E-state index contributed by atoms with van der Waals surface area (Å²) >= 11 is 0. The van der Waals surface area contributed by atoms with Gasteiger partial charge in [-0.15, -0.1) is 0 Å². The van der Waals surface area contributed by atoms with Crippen molar-refractivity contribution in [2.75, 3.05) is 26.9 Å². The molecule has 1 unspecified atom stereocenters. The fourth-order valence-corrected chi connectivity index (χ4v) is 4.56. The van der Waals surface area contributed by atoms with E-state index in [9.17, 15) is 14.7 Å². The predicted molar refractivity (Wildman–Crippen MR) is 124 cm³/mol. The van der Waals surface area contributed by atoms with E-state index >= 15 is 0 Å². The van der Waals surface area contributed by atoms with Crippen molar-refractivity contribution in [1.82, 2.24) is 4.90 Å². The average Bonchev–Trinajstić information content (AvgIpc) is 3.06. The number of hydrogen-bond acceptors (Lipinski definition) is 6. The maximum atomic E-state index is 13.2. The Labute approximate surface area is 193 Å². The number of rotatable bonds is 6. The number of aliphatic hydroxyl groups excluding tert-OH is 1. The monoisotopic (exact) mass is 451 g/mol. The number of amides is 1. The van der Waals surface area contributed by atoms with Gasteiger partial charge in [0.05, 0.1) is 24.3 Å². The number of carbonyl (C=O) groups is 2. The molecule has 7 nitrogen and oxygen atoms in total. The summed E-state index contributed by atoms with van der Waals surface area (Å²) in [7, 11) is 1.52. The van der Waals surface area contributed by atoms with Crippen molar-refractivity contribution in [2.45, 2.75) is 39.7 Å². The number of Topliss-reactive ketones (excluding diaryl/α,β-unsaturated/α-hetero) is 1. The molecule has 0 bridgehead atoms. The van der Waals surface area contributed by atoms with Gasteiger partial charge in [0.25, 0.3) is 11.7 Å². The third-order valence-electron chi connectivity index (χ3n) is 6.05. The second kappa shape index (κ2) is 9.17. The normalized spacial score (nSPS) is 19.2. The highest BCUT2D eigenvalue weighted by molar-refractivity contribution is 6.46. The van der Waals surface area contributed by atoms with Crippen molar-refractivity contribution in [1.29, 1.82) is 0 Å². The van der Waals surface area contributed by atoms with Gasteiger partial charge < -0.3 is 24.2 Å². The molecule has 0 aliphatic carbocycles. The van der Waals surface area contributed by atoms with Crippen LogP contribution in [0.5, 0.6) is 17.2 Å². The molecule has 1 saturated heterocycles. The molecule has 0 saturated carbocycles. The highest BCUT2D eigenvalue weighted by Crippen LogP contribution is 2.44. The molecule has 2 aromatic rings. The van der Waals surface area contributed by atoms with Crippen LogP contribution in [0.1, 0.15) is 48.1 Å². The fourth-order valence-electron chi connectivity index (χ4n) is 4.56. The van der Waals surface area contributed by atoms with Gasteiger partial charge in [-0.25, -0.2) is 0 Å². The largest absolute Gasteiger partial charge is 0.507 e. The zero-order valence-corrected chi connectivity index (χ0v) is 19.4. The number of fused-ring (bicyclic) bond motifs is 1. The summed E-state index contributed by atoms with van der Waals surface area (Å²) in [6.07, 6.45) is 1.60. The molecule has 2 aromatic carbocycles. The summed E-state index contributed by atoms with van der Waals surface area (Å²) in [5.41, 5.74) is 2.86. The fraction of sp³-hybridized carbons (Fsp3) is 0.385. The molecule has 33 heavy (non-hydrogen) atoms. The van der Waals surface area contributed by atoms with E-state index in [0.717, 1.165) is 24.0 Å². The van der Waals surface area contributed by atoms with Crippen LogP contribution in [-0.4, -0.2) is 48.6 Å². The summed E-state index contributed by atoms with van der Waals surface area (Å²) in [4.78, 5) is 27.8. The van der Waals surface area contributed by atoms with Gasteiger partial charge in [-0.1, -0.05) is 25.5 Å². The van der Waals surface area contributed by atoms with Crippen molar-refractivity contribution in [3.63, 3.8) is 0 Å². The molecule has 0 spiro atoms. The molecule has 1 atom stereocenters. The van der Waals surface area contributed by atoms with Gasteiger partial charge >= 0.3 is 0 Å². The van der Waals surface area contributed by atoms with Crippen molar-refractivity contribution in [3.8, 4) is 17.2 Å². The van der Waals surface area contributed by atoms with E-state index in [1.54, 1.807) is 18.2 Å². The lowest BCUT2D eigenvalue weighted by Crippen LogP contribution is -2.30. The van der Waals surface area contributed by atoms with Crippen molar-refractivity contribution in [3.05, 3.63) is 58.2 Å². The van der Waals surface area contributed by atoms with E-state index in [4.69, 9.17) is 14.2 Å². The zero-order chi connectivity index (χ0) is 23.7. The first kappa shape index (κ1) is 22.7. The number of aliphatic hydroxyl groups is 1. The highest BCUT2D eigenvalue weighted by Gasteiger charge is 2.46. The molecule has 1 N–H and O–H groups in total. The second-order valence-corrected chi connectivity index (χ2v) is 8.41. The first-order valence-electron chi connectivity index (χ1n) is 11.2. The van der Waals surface area contributed by atoms with Crippen LogP contribution in [0.3, 0.4) is 0 Å². The number of unbranched alkanes of at least 4 members (excludes halogenated alkanes) is 1. The molecule has 2 aliphatic rings. The quantitative estimate of drug-likeness (QED) is 0.400. The maximum Gasteiger partial charge on any atom is 0.295 e. The maximum absolute atomic E-state index is 13.2. The predicted octanol–water partition coefficient (Wildman–Crippen LogP) is 4.31. The number of carbonyl (C=O) groups excluding carboxylic acids is 2. The Kier molecular flexibility index (Phi) is 6.31. The van der Waals surface area contributed by atoms with Crippen LogP contribution in [0.25, 0.3) is 5.76 Å².